The minimum atomic E-state index is -0.606. The standard InChI is InChI=1S/C12H16N2O5/c15-11(13-17)6-1-2-7-19-10-5-3-4-9(8-10)12(16)14-18/h3-5,8,17-18H,1-2,6-7H2,(H,13,15)(H,14,16). The zero-order chi connectivity index (χ0) is 14.1. The Labute approximate surface area is 110 Å². The molecule has 1 rings (SSSR count). The molecule has 0 radical (unpaired) electrons. The van der Waals surface area contributed by atoms with Crippen molar-refractivity contribution in [1.82, 2.24) is 11.0 Å². The topological polar surface area (TPSA) is 108 Å². The Morgan fingerprint density at radius 1 is 1.16 bits per heavy atom. The monoisotopic (exact) mass is 268 g/mol. The minimum absolute atomic E-state index is 0.229. The van der Waals surface area contributed by atoms with Gasteiger partial charge in [0.15, 0.2) is 0 Å². The van der Waals surface area contributed by atoms with Gasteiger partial charge in [-0.05, 0) is 31.0 Å². The summed E-state index contributed by atoms with van der Waals surface area (Å²) >= 11 is 0. The molecule has 7 heteroatoms. The van der Waals surface area contributed by atoms with Gasteiger partial charge in [0.05, 0.1) is 6.61 Å². The van der Waals surface area contributed by atoms with Gasteiger partial charge in [-0.3, -0.25) is 20.0 Å². The number of amides is 2. The molecule has 0 spiro atoms. The summed E-state index contributed by atoms with van der Waals surface area (Å²) in [7, 11) is 0. The van der Waals surface area contributed by atoms with Crippen molar-refractivity contribution in [2.24, 2.45) is 0 Å². The molecule has 0 saturated carbocycles. The van der Waals surface area contributed by atoms with Crippen molar-refractivity contribution in [3.63, 3.8) is 0 Å². The maximum Gasteiger partial charge on any atom is 0.274 e. The number of benzene rings is 1. The summed E-state index contributed by atoms with van der Waals surface area (Å²) in [5.41, 5.74) is 3.38. The summed E-state index contributed by atoms with van der Waals surface area (Å²) < 4.78 is 5.40. The van der Waals surface area contributed by atoms with Crippen LogP contribution in [-0.2, 0) is 4.79 Å². The fourth-order valence-corrected chi connectivity index (χ4v) is 1.43. The molecule has 0 unspecified atom stereocenters. The molecule has 0 aromatic heterocycles. The van der Waals surface area contributed by atoms with Gasteiger partial charge in [-0.1, -0.05) is 6.07 Å². The molecule has 1 aromatic rings. The van der Waals surface area contributed by atoms with Crippen LogP contribution in [-0.4, -0.2) is 28.8 Å². The number of hydrogen-bond acceptors (Lipinski definition) is 5. The van der Waals surface area contributed by atoms with Crippen LogP contribution in [0, 0.1) is 0 Å². The second kappa shape index (κ2) is 8.06. The number of unbranched alkanes of at least 4 members (excludes halogenated alkanes) is 1. The first-order valence-electron chi connectivity index (χ1n) is 5.77. The Bertz CT molecular complexity index is 436. The Hall–Kier alpha value is -2.12. The van der Waals surface area contributed by atoms with Crippen molar-refractivity contribution in [3.8, 4) is 5.75 Å². The lowest BCUT2D eigenvalue weighted by molar-refractivity contribution is -0.129. The van der Waals surface area contributed by atoms with E-state index >= 15 is 0 Å². The van der Waals surface area contributed by atoms with Crippen molar-refractivity contribution >= 4 is 11.8 Å². The molecule has 19 heavy (non-hydrogen) atoms. The zero-order valence-electron chi connectivity index (χ0n) is 10.3. The van der Waals surface area contributed by atoms with E-state index in [1.807, 2.05) is 0 Å². The number of carbonyl (C=O) groups excluding carboxylic acids is 2. The summed E-state index contributed by atoms with van der Waals surface area (Å²) in [6, 6.07) is 6.38. The van der Waals surface area contributed by atoms with Crippen LogP contribution in [0.3, 0.4) is 0 Å². The van der Waals surface area contributed by atoms with Crippen LogP contribution in [0.1, 0.15) is 29.6 Å². The van der Waals surface area contributed by atoms with Gasteiger partial charge in [0.25, 0.3) is 5.91 Å². The van der Waals surface area contributed by atoms with Crippen molar-refractivity contribution in [3.05, 3.63) is 29.8 Å². The van der Waals surface area contributed by atoms with E-state index in [0.29, 0.717) is 30.8 Å². The van der Waals surface area contributed by atoms with Crippen molar-refractivity contribution in [2.75, 3.05) is 6.61 Å². The van der Waals surface area contributed by atoms with Crippen LogP contribution in [0.15, 0.2) is 24.3 Å². The molecule has 0 saturated heterocycles. The highest BCUT2D eigenvalue weighted by Crippen LogP contribution is 2.13. The van der Waals surface area contributed by atoms with Gasteiger partial charge < -0.3 is 4.74 Å². The van der Waals surface area contributed by atoms with E-state index in [4.69, 9.17) is 15.2 Å². The molecule has 0 aliphatic rings. The van der Waals surface area contributed by atoms with Gasteiger partial charge in [0.1, 0.15) is 5.75 Å². The number of hydroxylamine groups is 2. The van der Waals surface area contributed by atoms with Crippen molar-refractivity contribution in [1.29, 1.82) is 0 Å². The van der Waals surface area contributed by atoms with E-state index in [1.54, 1.807) is 29.2 Å². The lowest BCUT2D eigenvalue weighted by Crippen LogP contribution is -2.18. The Morgan fingerprint density at radius 2 is 1.95 bits per heavy atom. The number of ether oxygens (including phenoxy) is 1. The molecule has 2 amide bonds. The second-order valence-corrected chi connectivity index (χ2v) is 3.81. The Morgan fingerprint density at radius 3 is 2.63 bits per heavy atom. The van der Waals surface area contributed by atoms with E-state index in [2.05, 4.69) is 0 Å². The van der Waals surface area contributed by atoms with E-state index in [0.717, 1.165) is 0 Å². The van der Waals surface area contributed by atoms with Crippen LogP contribution >= 0.6 is 0 Å². The molecular formula is C12H16N2O5. The van der Waals surface area contributed by atoms with Gasteiger partial charge in [0.2, 0.25) is 5.91 Å². The predicted octanol–water partition coefficient (Wildman–Crippen LogP) is 0.860. The quantitative estimate of drug-likeness (QED) is 0.333. The lowest BCUT2D eigenvalue weighted by atomic mass is 10.2. The molecule has 0 bridgehead atoms. The third-order valence-electron chi connectivity index (χ3n) is 2.39. The number of nitrogens with one attached hydrogen (secondary N) is 2. The highest BCUT2D eigenvalue weighted by Gasteiger charge is 2.05. The Balaban J connectivity index is 2.33. The first-order valence-corrected chi connectivity index (χ1v) is 5.77. The molecule has 7 nitrogen and oxygen atoms in total. The summed E-state index contributed by atoms with van der Waals surface area (Å²) in [6.07, 6.45) is 1.46. The number of carbonyl (C=O) groups is 2. The van der Waals surface area contributed by atoms with E-state index < -0.39 is 11.8 Å². The molecule has 1 aromatic carbocycles. The van der Waals surface area contributed by atoms with Gasteiger partial charge in [-0.2, -0.15) is 0 Å². The smallest absolute Gasteiger partial charge is 0.274 e. The van der Waals surface area contributed by atoms with Gasteiger partial charge in [-0.25, -0.2) is 11.0 Å². The summed E-state index contributed by atoms with van der Waals surface area (Å²) in [6.45, 7) is 0.392. The molecule has 0 heterocycles. The van der Waals surface area contributed by atoms with Crippen molar-refractivity contribution in [2.45, 2.75) is 19.3 Å². The minimum Gasteiger partial charge on any atom is -0.494 e. The maximum atomic E-state index is 11.2. The largest absolute Gasteiger partial charge is 0.494 e. The molecule has 104 valence electrons. The summed E-state index contributed by atoms with van der Waals surface area (Å²) in [5.74, 6) is -0.528. The lowest BCUT2D eigenvalue weighted by Gasteiger charge is -2.07. The second-order valence-electron chi connectivity index (χ2n) is 3.81. The normalized spacial score (nSPS) is 9.79. The third-order valence-corrected chi connectivity index (χ3v) is 2.39. The van der Waals surface area contributed by atoms with Crippen molar-refractivity contribution < 1.29 is 24.7 Å². The average Bonchev–Trinajstić information content (AvgIpc) is 2.46. The maximum absolute atomic E-state index is 11.2. The van der Waals surface area contributed by atoms with E-state index in [9.17, 15) is 9.59 Å². The SMILES string of the molecule is O=C(CCCCOc1cccc(C(=O)NO)c1)NO. The van der Waals surface area contributed by atoms with Gasteiger partial charge in [-0.15, -0.1) is 0 Å². The van der Waals surface area contributed by atoms with Crippen LogP contribution in [0.2, 0.25) is 0 Å². The van der Waals surface area contributed by atoms with Gasteiger partial charge >= 0.3 is 0 Å². The molecule has 0 fully saturated rings. The van der Waals surface area contributed by atoms with Crippen LogP contribution in [0.4, 0.5) is 0 Å². The first kappa shape index (κ1) is 14.9. The summed E-state index contributed by atoms with van der Waals surface area (Å²) in [5, 5.41) is 16.8. The molecular weight excluding hydrogens is 252 g/mol. The number of rotatable bonds is 7. The fraction of sp³-hybridized carbons (Fsp3) is 0.333. The average molecular weight is 268 g/mol. The number of hydrogen-bond donors (Lipinski definition) is 4. The third kappa shape index (κ3) is 5.36. The molecule has 0 atom stereocenters. The van der Waals surface area contributed by atoms with Gasteiger partial charge in [0, 0.05) is 12.0 Å². The molecule has 4 N–H and O–H groups in total. The highest BCUT2D eigenvalue weighted by molar-refractivity contribution is 5.93. The first-order chi connectivity index (χ1) is 9.17. The van der Waals surface area contributed by atoms with Crippen LogP contribution in [0.25, 0.3) is 0 Å². The molecule has 0 aliphatic carbocycles. The van der Waals surface area contributed by atoms with E-state index in [-0.39, 0.29) is 6.42 Å². The van der Waals surface area contributed by atoms with E-state index in [1.165, 1.54) is 6.07 Å². The fourth-order valence-electron chi connectivity index (χ4n) is 1.43. The molecule has 0 aliphatic heterocycles. The predicted molar refractivity (Wildman–Crippen MR) is 65.0 cm³/mol. The summed E-state index contributed by atoms with van der Waals surface area (Å²) in [4.78, 5) is 21.9. The highest BCUT2D eigenvalue weighted by atomic mass is 16.5. The van der Waals surface area contributed by atoms with Crippen LogP contribution in [0.5, 0.6) is 5.75 Å². The zero-order valence-corrected chi connectivity index (χ0v) is 10.3. The Kier molecular flexibility index (Phi) is 6.34. The van der Waals surface area contributed by atoms with Crippen LogP contribution < -0.4 is 15.7 Å².